The van der Waals surface area contributed by atoms with Crippen molar-refractivity contribution in [3.8, 4) is 0 Å². The Morgan fingerprint density at radius 3 is 2.29 bits per heavy atom. The SMILES string of the molecule is CCN(CC)CCCN(CC)C(=O)NCCOCC(=O)O. The maximum absolute atomic E-state index is 11.9. The van der Waals surface area contributed by atoms with Crippen molar-refractivity contribution in [1.82, 2.24) is 15.1 Å². The maximum atomic E-state index is 11.9. The molecule has 0 rings (SSSR count). The highest BCUT2D eigenvalue weighted by Crippen LogP contribution is 1.96. The lowest BCUT2D eigenvalue weighted by atomic mass is 10.3. The molecule has 0 aliphatic heterocycles. The Kier molecular flexibility index (Phi) is 11.6. The van der Waals surface area contributed by atoms with Gasteiger partial charge in [0.1, 0.15) is 6.61 Å². The standard InChI is InChI=1S/C14H29N3O4/c1-4-16(5-2)9-7-10-17(6-3)14(20)15-8-11-21-12-13(18)19/h4-12H2,1-3H3,(H,15,20)(H,18,19). The van der Waals surface area contributed by atoms with Gasteiger partial charge in [0.05, 0.1) is 6.61 Å². The Balaban J connectivity index is 3.83. The van der Waals surface area contributed by atoms with Gasteiger partial charge in [0.25, 0.3) is 0 Å². The van der Waals surface area contributed by atoms with Crippen LogP contribution in [0.3, 0.4) is 0 Å². The lowest BCUT2D eigenvalue weighted by Gasteiger charge is -2.23. The average Bonchev–Trinajstić information content (AvgIpc) is 2.46. The van der Waals surface area contributed by atoms with E-state index in [1.165, 1.54) is 0 Å². The number of carboxylic acids is 1. The molecule has 2 amide bonds. The molecule has 7 heteroatoms. The van der Waals surface area contributed by atoms with E-state index in [1.807, 2.05) is 6.92 Å². The lowest BCUT2D eigenvalue weighted by molar-refractivity contribution is -0.142. The van der Waals surface area contributed by atoms with Gasteiger partial charge in [-0.2, -0.15) is 0 Å². The highest BCUT2D eigenvalue weighted by Gasteiger charge is 2.11. The van der Waals surface area contributed by atoms with Crippen LogP contribution in [0.4, 0.5) is 4.79 Å². The summed E-state index contributed by atoms with van der Waals surface area (Å²) in [5.74, 6) is -1.01. The molecule has 0 saturated heterocycles. The number of ether oxygens (including phenoxy) is 1. The zero-order valence-corrected chi connectivity index (χ0v) is 13.4. The van der Waals surface area contributed by atoms with E-state index in [4.69, 9.17) is 9.84 Å². The van der Waals surface area contributed by atoms with Crippen LogP contribution in [0, 0.1) is 0 Å². The van der Waals surface area contributed by atoms with Crippen molar-refractivity contribution < 1.29 is 19.4 Å². The van der Waals surface area contributed by atoms with E-state index >= 15 is 0 Å². The second kappa shape index (κ2) is 12.4. The number of amides is 2. The highest BCUT2D eigenvalue weighted by molar-refractivity contribution is 5.74. The van der Waals surface area contributed by atoms with Gasteiger partial charge < -0.3 is 25.0 Å². The van der Waals surface area contributed by atoms with Crippen LogP contribution in [-0.2, 0) is 9.53 Å². The molecule has 7 nitrogen and oxygen atoms in total. The van der Waals surface area contributed by atoms with Gasteiger partial charge >= 0.3 is 12.0 Å². The number of carbonyl (C=O) groups is 2. The minimum absolute atomic E-state index is 0.129. The molecule has 124 valence electrons. The molecule has 0 spiro atoms. The number of carboxylic acid groups (broad SMARTS) is 1. The molecule has 0 bridgehead atoms. The quantitative estimate of drug-likeness (QED) is 0.522. The zero-order valence-electron chi connectivity index (χ0n) is 13.4. The van der Waals surface area contributed by atoms with E-state index in [0.717, 1.165) is 32.6 Å². The summed E-state index contributed by atoms with van der Waals surface area (Å²) in [6, 6.07) is -0.129. The van der Waals surface area contributed by atoms with Crippen LogP contribution in [0.5, 0.6) is 0 Å². The van der Waals surface area contributed by atoms with E-state index in [0.29, 0.717) is 13.1 Å². The Hall–Kier alpha value is -1.34. The minimum Gasteiger partial charge on any atom is -0.480 e. The molecule has 0 heterocycles. The normalized spacial score (nSPS) is 10.7. The molecule has 0 aromatic heterocycles. The molecule has 0 aliphatic carbocycles. The summed E-state index contributed by atoms with van der Waals surface area (Å²) in [4.78, 5) is 26.2. The Labute approximate surface area is 127 Å². The second-order valence-corrected chi connectivity index (χ2v) is 4.64. The van der Waals surface area contributed by atoms with Crippen molar-refractivity contribution in [2.75, 3.05) is 52.5 Å². The molecule has 21 heavy (non-hydrogen) atoms. The van der Waals surface area contributed by atoms with E-state index in [1.54, 1.807) is 4.90 Å². The van der Waals surface area contributed by atoms with E-state index in [9.17, 15) is 9.59 Å². The van der Waals surface area contributed by atoms with Gasteiger partial charge in [-0.25, -0.2) is 9.59 Å². The van der Waals surface area contributed by atoms with Gasteiger partial charge in [0, 0.05) is 19.6 Å². The van der Waals surface area contributed by atoms with Crippen molar-refractivity contribution in [1.29, 1.82) is 0 Å². The van der Waals surface area contributed by atoms with Gasteiger partial charge in [-0.1, -0.05) is 13.8 Å². The fourth-order valence-corrected chi connectivity index (χ4v) is 1.93. The first-order valence-corrected chi connectivity index (χ1v) is 7.59. The highest BCUT2D eigenvalue weighted by atomic mass is 16.5. The summed E-state index contributed by atoms with van der Waals surface area (Å²) >= 11 is 0. The van der Waals surface area contributed by atoms with Crippen molar-refractivity contribution in [3.63, 3.8) is 0 Å². The molecule has 0 radical (unpaired) electrons. The Morgan fingerprint density at radius 1 is 1.10 bits per heavy atom. The van der Waals surface area contributed by atoms with Crippen molar-refractivity contribution in [2.24, 2.45) is 0 Å². The lowest BCUT2D eigenvalue weighted by Crippen LogP contribution is -2.42. The smallest absolute Gasteiger partial charge is 0.329 e. The van der Waals surface area contributed by atoms with Gasteiger partial charge in [-0.3, -0.25) is 0 Å². The molecule has 2 N–H and O–H groups in total. The molecule has 0 aromatic rings. The molecular weight excluding hydrogens is 274 g/mol. The minimum atomic E-state index is -1.01. The van der Waals surface area contributed by atoms with Crippen LogP contribution in [0.2, 0.25) is 0 Å². The Morgan fingerprint density at radius 2 is 1.76 bits per heavy atom. The first-order valence-electron chi connectivity index (χ1n) is 7.59. The van der Waals surface area contributed by atoms with Crippen LogP contribution in [0.15, 0.2) is 0 Å². The monoisotopic (exact) mass is 303 g/mol. The summed E-state index contributed by atoms with van der Waals surface area (Å²) in [5.41, 5.74) is 0. The largest absolute Gasteiger partial charge is 0.480 e. The predicted octanol–water partition coefficient (Wildman–Crippen LogP) is 0.851. The fourth-order valence-electron chi connectivity index (χ4n) is 1.93. The number of rotatable bonds is 12. The third-order valence-corrected chi connectivity index (χ3v) is 3.21. The number of hydrogen-bond acceptors (Lipinski definition) is 4. The molecule has 0 aromatic carbocycles. The first-order chi connectivity index (χ1) is 10.0. The third kappa shape index (κ3) is 10.1. The van der Waals surface area contributed by atoms with Crippen LogP contribution in [0.1, 0.15) is 27.2 Å². The number of urea groups is 1. The summed E-state index contributed by atoms with van der Waals surface area (Å²) < 4.78 is 4.86. The topological polar surface area (TPSA) is 82.1 Å². The van der Waals surface area contributed by atoms with Crippen LogP contribution in [-0.4, -0.2) is 79.4 Å². The maximum Gasteiger partial charge on any atom is 0.329 e. The van der Waals surface area contributed by atoms with Crippen molar-refractivity contribution in [3.05, 3.63) is 0 Å². The second-order valence-electron chi connectivity index (χ2n) is 4.64. The third-order valence-electron chi connectivity index (χ3n) is 3.21. The molecule has 0 aliphatic rings. The summed E-state index contributed by atoms with van der Waals surface area (Å²) in [6.45, 7) is 10.8. The van der Waals surface area contributed by atoms with Crippen molar-refractivity contribution >= 4 is 12.0 Å². The van der Waals surface area contributed by atoms with Crippen molar-refractivity contribution in [2.45, 2.75) is 27.2 Å². The van der Waals surface area contributed by atoms with Crippen LogP contribution >= 0.6 is 0 Å². The summed E-state index contributed by atoms with van der Waals surface area (Å²) in [6.07, 6.45) is 0.943. The number of carbonyl (C=O) groups excluding carboxylic acids is 1. The van der Waals surface area contributed by atoms with E-state index in [2.05, 4.69) is 24.1 Å². The number of nitrogens with one attached hydrogen (secondary N) is 1. The number of hydrogen-bond donors (Lipinski definition) is 2. The van der Waals surface area contributed by atoms with Gasteiger partial charge in [0.2, 0.25) is 0 Å². The average molecular weight is 303 g/mol. The van der Waals surface area contributed by atoms with Gasteiger partial charge in [0.15, 0.2) is 0 Å². The first kappa shape index (κ1) is 19.7. The molecule has 0 fully saturated rings. The summed E-state index contributed by atoms with van der Waals surface area (Å²) in [7, 11) is 0. The molecule has 0 saturated carbocycles. The van der Waals surface area contributed by atoms with Crippen LogP contribution < -0.4 is 5.32 Å². The number of nitrogens with zero attached hydrogens (tertiary/aromatic N) is 2. The molecule has 0 unspecified atom stereocenters. The molecular formula is C14H29N3O4. The van der Waals surface area contributed by atoms with Gasteiger partial charge in [-0.05, 0) is 33.0 Å². The van der Waals surface area contributed by atoms with Crippen LogP contribution in [0.25, 0.3) is 0 Å². The Bertz CT molecular complexity index is 296. The van der Waals surface area contributed by atoms with Gasteiger partial charge in [-0.15, -0.1) is 0 Å². The number of aliphatic carboxylic acids is 1. The zero-order chi connectivity index (χ0) is 16.1. The van der Waals surface area contributed by atoms with E-state index < -0.39 is 5.97 Å². The predicted molar refractivity (Wildman–Crippen MR) is 81.5 cm³/mol. The fraction of sp³-hybridized carbons (Fsp3) is 0.857. The molecule has 0 atom stereocenters. The van der Waals surface area contributed by atoms with E-state index in [-0.39, 0.29) is 19.2 Å². The summed E-state index contributed by atoms with van der Waals surface area (Å²) in [5, 5.41) is 11.1.